The largest absolute Gasteiger partial charge is 0.381 e. The van der Waals surface area contributed by atoms with Crippen LogP contribution in [0.5, 0.6) is 0 Å². The van der Waals surface area contributed by atoms with Crippen molar-refractivity contribution in [2.75, 3.05) is 29.9 Å². The first-order chi connectivity index (χ1) is 13.1. The maximum Gasteiger partial charge on any atom is 0.272 e. The van der Waals surface area contributed by atoms with Crippen LogP contribution in [0, 0.1) is 0 Å². The first-order valence-electron chi connectivity index (χ1n) is 9.10. The van der Waals surface area contributed by atoms with Crippen molar-refractivity contribution >= 4 is 33.7 Å². The molecule has 6 nitrogen and oxygen atoms in total. The van der Waals surface area contributed by atoms with E-state index in [0.29, 0.717) is 28.5 Å². The molecule has 2 aromatic carbocycles. The molecule has 27 heavy (non-hydrogen) atoms. The van der Waals surface area contributed by atoms with Gasteiger partial charge in [-0.15, -0.1) is 0 Å². The Hall–Kier alpha value is -2.57. The van der Waals surface area contributed by atoms with E-state index in [1.165, 1.54) is 11.3 Å². The average Bonchev–Trinajstić information content (AvgIpc) is 2.69. The zero-order valence-electron chi connectivity index (χ0n) is 15.1. The molecular weight excluding hydrogens is 362 g/mol. The number of para-hydroxylation sites is 1. The number of hydrogen-bond donors (Lipinski definition) is 3. The highest BCUT2D eigenvalue weighted by atomic mass is 35.5. The van der Waals surface area contributed by atoms with Crippen LogP contribution in [0.25, 0.3) is 10.8 Å². The molecule has 1 aromatic heterocycles. The van der Waals surface area contributed by atoms with Gasteiger partial charge in [0.05, 0.1) is 5.39 Å². The van der Waals surface area contributed by atoms with Gasteiger partial charge in [0.25, 0.3) is 5.56 Å². The minimum Gasteiger partial charge on any atom is -0.381 e. The number of hydrogen-bond acceptors (Lipinski definition) is 5. The van der Waals surface area contributed by atoms with Crippen molar-refractivity contribution in [3.8, 4) is 0 Å². The maximum absolute atomic E-state index is 11.9. The Balaban J connectivity index is 1.56. The van der Waals surface area contributed by atoms with E-state index in [1.54, 1.807) is 6.07 Å². The number of rotatable bonds is 4. The van der Waals surface area contributed by atoms with Crippen molar-refractivity contribution < 1.29 is 0 Å². The fourth-order valence-electron chi connectivity index (χ4n) is 3.56. The fraction of sp³-hybridized carbons (Fsp3) is 0.300. The highest BCUT2D eigenvalue weighted by Gasteiger charge is 2.18. The number of fused-ring (bicyclic) bond motifs is 1. The number of aromatic amines is 1. The van der Waals surface area contributed by atoms with Gasteiger partial charge in [0.1, 0.15) is 0 Å². The lowest BCUT2D eigenvalue weighted by Gasteiger charge is -2.35. The van der Waals surface area contributed by atoms with E-state index in [2.05, 4.69) is 56.9 Å². The molecule has 0 bridgehead atoms. The summed E-state index contributed by atoms with van der Waals surface area (Å²) >= 11 is 6.14. The van der Waals surface area contributed by atoms with Crippen molar-refractivity contribution in [3.63, 3.8) is 0 Å². The second-order valence-electron chi connectivity index (χ2n) is 6.89. The first-order valence-corrected chi connectivity index (χ1v) is 9.47. The third-order valence-corrected chi connectivity index (χ3v) is 5.21. The van der Waals surface area contributed by atoms with Crippen molar-refractivity contribution in [1.82, 2.24) is 15.5 Å². The van der Waals surface area contributed by atoms with Crippen LogP contribution < -0.4 is 21.1 Å². The van der Waals surface area contributed by atoms with E-state index >= 15 is 0 Å². The zero-order chi connectivity index (χ0) is 18.8. The predicted molar refractivity (Wildman–Crippen MR) is 111 cm³/mol. The lowest BCUT2D eigenvalue weighted by molar-refractivity contribution is 0.484. The molecular formula is C20H22ClN5O. The van der Waals surface area contributed by atoms with E-state index in [1.807, 2.05) is 12.1 Å². The van der Waals surface area contributed by atoms with Gasteiger partial charge in [0.2, 0.25) is 0 Å². The third kappa shape index (κ3) is 3.77. The number of nitrogens with one attached hydrogen (secondary N) is 3. The van der Waals surface area contributed by atoms with Gasteiger partial charge in [0, 0.05) is 49.0 Å². The number of halogens is 1. The summed E-state index contributed by atoms with van der Waals surface area (Å²) in [7, 11) is 0. The van der Waals surface area contributed by atoms with Crippen LogP contribution in [0.1, 0.15) is 12.5 Å². The van der Waals surface area contributed by atoms with Crippen LogP contribution in [0.3, 0.4) is 0 Å². The second kappa shape index (κ2) is 7.58. The van der Waals surface area contributed by atoms with Crippen LogP contribution in [0.4, 0.5) is 11.4 Å². The smallest absolute Gasteiger partial charge is 0.272 e. The Bertz CT molecular complexity index is 1020. The summed E-state index contributed by atoms with van der Waals surface area (Å²) in [6.07, 6.45) is 0. The number of piperazine rings is 1. The fourth-order valence-corrected chi connectivity index (χ4v) is 3.76. The Kier molecular flexibility index (Phi) is 5.01. The number of aromatic nitrogens is 2. The topological polar surface area (TPSA) is 73.0 Å². The molecule has 1 atom stereocenters. The van der Waals surface area contributed by atoms with Crippen molar-refractivity contribution in [1.29, 1.82) is 0 Å². The normalized spacial score (nSPS) is 17.3. The molecule has 3 N–H and O–H groups in total. The molecule has 1 aliphatic rings. The van der Waals surface area contributed by atoms with E-state index < -0.39 is 0 Å². The molecule has 0 amide bonds. The Labute approximate surface area is 162 Å². The molecule has 0 saturated carbocycles. The van der Waals surface area contributed by atoms with E-state index in [0.717, 1.165) is 25.3 Å². The number of nitrogens with zero attached hydrogens (tertiary/aromatic N) is 2. The molecule has 7 heteroatoms. The maximum atomic E-state index is 11.9. The van der Waals surface area contributed by atoms with Crippen molar-refractivity contribution in [2.24, 2.45) is 0 Å². The first kappa shape index (κ1) is 17.8. The van der Waals surface area contributed by atoms with Crippen LogP contribution in [0.15, 0.2) is 47.3 Å². The molecule has 1 aliphatic heterocycles. The lowest BCUT2D eigenvalue weighted by atomic mass is 10.1. The molecule has 2 heterocycles. The molecule has 0 radical (unpaired) electrons. The number of anilines is 2. The van der Waals surface area contributed by atoms with Gasteiger partial charge in [-0.25, -0.2) is 5.10 Å². The molecule has 0 spiro atoms. The van der Waals surface area contributed by atoms with Crippen LogP contribution in [-0.4, -0.2) is 35.9 Å². The van der Waals surface area contributed by atoms with Gasteiger partial charge < -0.3 is 15.5 Å². The molecule has 4 rings (SSSR count). The quantitative estimate of drug-likeness (QED) is 0.646. The van der Waals surface area contributed by atoms with Gasteiger partial charge in [-0.05, 0) is 36.8 Å². The van der Waals surface area contributed by atoms with Crippen molar-refractivity contribution in [2.45, 2.75) is 19.5 Å². The lowest BCUT2D eigenvalue weighted by Crippen LogP contribution is -2.49. The summed E-state index contributed by atoms with van der Waals surface area (Å²) in [5.41, 5.74) is 3.16. The SMILES string of the molecule is C[C@@H]1CN(c2ccccc2CNc2ccc3c(=O)[nH]nc(Cl)c3c2)CCN1. The van der Waals surface area contributed by atoms with E-state index in [4.69, 9.17) is 11.6 Å². The predicted octanol–water partition coefficient (Wildman–Crippen LogP) is 2.99. The van der Waals surface area contributed by atoms with Gasteiger partial charge in [-0.3, -0.25) is 4.79 Å². The average molecular weight is 384 g/mol. The second-order valence-corrected chi connectivity index (χ2v) is 7.25. The molecule has 0 unspecified atom stereocenters. The highest BCUT2D eigenvalue weighted by molar-refractivity contribution is 6.34. The van der Waals surface area contributed by atoms with Crippen LogP contribution >= 0.6 is 11.6 Å². The summed E-state index contributed by atoms with van der Waals surface area (Å²) in [5, 5.41) is 14.6. The van der Waals surface area contributed by atoms with E-state index in [9.17, 15) is 4.79 Å². The zero-order valence-corrected chi connectivity index (χ0v) is 15.9. The summed E-state index contributed by atoms with van der Waals surface area (Å²) in [6, 6.07) is 14.5. The Morgan fingerprint density at radius 1 is 1.26 bits per heavy atom. The summed E-state index contributed by atoms with van der Waals surface area (Å²) in [6.45, 7) is 5.89. The van der Waals surface area contributed by atoms with Gasteiger partial charge in [-0.1, -0.05) is 29.8 Å². The minimum atomic E-state index is -0.237. The van der Waals surface area contributed by atoms with Gasteiger partial charge in [0.15, 0.2) is 5.15 Å². The number of benzene rings is 2. The molecule has 140 valence electrons. The third-order valence-electron chi connectivity index (χ3n) is 4.93. The minimum absolute atomic E-state index is 0.237. The molecule has 3 aromatic rings. The Morgan fingerprint density at radius 3 is 2.96 bits per heavy atom. The molecule has 0 aliphatic carbocycles. The summed E-state index contributed by atoms with van der Waals surface area (Å²) in [4.78, 5) is 14.3. The summed E-state index contributed by atoms with van der Waals surface area (Å²) < 4.78 is 0. The van der Waals surface area contributed by atoms with Gasteiger partial charge in [-0.2, -0.15) is 5.10 Å². The summed E-state index contributed by atoms with van der Waals surface area (Å²) in [5.74, 6) is 0. The molecule has 1 fully saturated rings. The van der Waals surface area contributed by atoms with E-state index in [-0.39, 0.29) is 5.56 Å². The molecule has 1 saturated heterocycles. The van der Waals surface area contributed by atoms with Gasteiger partial charge >= 0.3 is 0 Å². The highest BCUT2D eigenvalue weighted by Crippen LogP contribution is 2.25. The van der Waals surface area contributed by atoms with Crippen LogP contribution in [-0.2, 0) is 6.54 Å². The monoisotopic (exact) mass is 383 g/mol. The standard InChI is InChI=1S/C20H22ClN5O/c1-13-12-26(9-8-22-13)18-5-3-2-4-14(18)11-23-15-6-7-16-17(10-15)19(21)24-25-20(16)27/h2-7,10,13,22-23H,8-9,11-12H2,1H3,(H,25,27)/t13-/m1/s1. The Morgan fingerprint density at radius 2 is 2.11 bits per heavy atom. The van der Waals surface area contributed by atoms with Crippen molar-refractivity contribution in [3.05, 3.63) is 63.5 Å². The van der Waals surface area contributed by atoms with Crippen LogP contribution in [0.2, 0.25) is 5.15 Å². The number of H-pyrrole nitrogens is 1.